The first kappa shape index (κ1) is 11.3. The fourth-order valence-electron chi connectivity index (χ4n) is 1.32. The molecule has 11 heavy (non-hydrogen) atoms. The lowest BCUT2D eigenvalue weighted by Gasteiger charge is -2.20. The van der Waals surface area contributed by atoms with Gasteiger partial charge >= 0.3 is 0 Å². The summed E-state index contributed by atoms with van der Waals surface area (Å²) in [7, 11) is 2.17. The zero-order valence-electron chi connectivity index (χ0n) is 7.63. The van der Waals surface area contributed by atoms with Crippen LogP contribution in [0.3, 0.4) is 0 Å². The van der Waals surface area contributed by atoms with Gasteiger partial charge in [0.25, 0.3) is 0 Å². The summed E-state index contributed by atoms with van der Waals surface area (Å²) in [5.41, 5.74) is 0. The van der Waals surface area contributed by atoms with Crippen molar-refractivity contribution in [3.05, 3.63) is 0 Å². The number of ether oxygens (including phenoxy) is 1. The normalized spacial score (nSPS) is 34.1. The van der Waals surface area contributed by atoms with E-state index in [1.807, 2.05) is 13.8 Å². The van der Waals surface area contributed by atoms with Crippen molar-refractivity contribution >= 4 is 13.5 Å². The first-order chi connectivity index (χ1) is 4.88. The van der Waals surface area contributed by atoms with Crippen LogP contribution in [0.2, 0.25) is 0 Å². The SMILES string of the molecule is CC.CN1CCOC2CC21.S. The van der Waals surface area contributed by atoms with Gasteiger partial charge in [-0.05, 0) is 13.5 Å². The van der Waals surface area contributed by atoms with Crippen LogP contribution in [-0.2, 0) is 4.74 Å². The molecule has 2 rings (SSSR count). The Balaban J connectivity index is 0.000000311. The van der Waals surface area contributed by atoms with Crippen molar-refractivity contribution < 1.29 is 4.74 Å². The molecule has 1 heterocycles. The number of hydrogen-bond donors (Lipinski definition) is 0. The maximum Gasteiger partial charge on any atom is 0.0747 e. The van der Waals surface area contributed by atoms with E-state index in [1.54, 1.807) is 0 Å². The molecule has 0 amide bonds. The maximum absolute atomic E-state index is 5.38. The molecule has 2 unspecified atom stereocenters. The molecule has 0 N–H and O–H groups in total. The molecule has 2 atom stereocenters. The van der Waals surface area contributed by atoms with E-state index in [0.29, 0.717) is 6.10 Å². The maximum atomic E-state index is 5.38. The minimum absolute atomic E-state index is 0. The second-order valence-corrected chi connectivity index (χ2v) is 2.69. The zero-order chi connectivity index (χ0) is 7.56. The lowest BCUT2D eigenvalue weighted by Crippen LogP contribution is -2.32. The highest BCUT2D eigenvalue weighted by molar-refractivity contribution is 7.59. The van der Waals surface area contributed by atoms with Gasteiger partial charge in [0.2, 0.25) is 0 Å². The molecule has 1 saturated heterocycles. The summed E-state index contributed by atoms with van der Waals surface area (Å²) < 4.78 is 5.38. The van der Waals surface area contributed by atoms with Gasteiger partial charge in [0.1, 0.15) is 0 Å². The number of rotatable bonds is 0. The van der Waals surface area contributed by atoms with Crippen molar-refractivity contribution in [2.75, 3.05) is 20.2 Å². The van der Waals surface area contributed by atoms with E-state index >= 15 is 0 Å². The van der Waals surface area contributed by atoms with Crippen LogP contribution in [0.4, 0.5) is 0 Å². The molecule has 2 nitrogen and oxygen atoms in total. The Labute approximate surface area is 76.4 Å². The molecule has 1 aliphatic carbocycles. The summed E-state index contributed by atoms with van der Waals surface area (Å²) in [6, 6.07) is 0.781. The van der Waals surface area contributed by atoms with Crippen LogP contribution in [0.15, 0.2) is 0 Å². The molecule has 0 spiro atoms. The van der Waals surface area contributed by atoms with Gasteiger partial charge in [-0.2, -0.15) is 13.5 Å². The van der Waals surface area contributed by atoms with Crippen LogP contribution in [-0.4, -0.2) is 37.2 Å². The summed E-state index contributed by atoms with van der Waals surface area (Å²) in [5.74, 6) is 0. The van der Waals surface area contributed by atoms with Gasteiger partial charge in [0.15, 0.2) is 0 Å². The van der Waals surface area contributed by atoms with E-state index in [2.05, 4.69) is 11.9 Å². The molecule has 3 heteroatoms. The standard InChI is InChI=1S/C6H11NO.C2H6.H2S/c1-7-2-3-8-6-4-5(6)7;1-2;/h5-6H,2-4H2,1H3;1-2H3;1H2. The second-order valence-electron chi connectivity index (χ2n) is 2.69. The molecule has 0 bridgehead atoms. The van der Waals surface area contributed by atoms with Gasteiger partial charge in [0, 0.05) is 12.6 Å². The first-order valence-electron chi connectivity index (χ1n) is 4.20. The zero-order valence-corrected chi connectivity index (χ0v) is 8.63. The van der Waals surface area contributed by atoms with Crippen molar-refractivity contribution in [1.82, 2.24) is 4.90 Å². The van der Waals surface area contributed by atoms with Crippen molar-refractivity contribution in [3.8, 4) is 0 Å². The van der Waals surface area contributed by atoms with Gasteiger partial charge in [-0.15, -0.1) is 0 Å². The minimum atomic E-state index is 0. The Morgan fingerprint density at radius 3 is 2.45 bits per heavy atom. The Morgan fingerprint density at radius 2 is 2.00 bits per heavy atom. The fraction of sp³-hybridized carbons (Fsp3) is 1.00. The Kier molecular flexibility index (Phi) is 5.13. The lowest BCUT2D eigenvalue weighted by atomic mass is 10.5. The molecule has 0 aromatic heterocycles. The molecule has 1 saturated carbocycles. The van der Waals surface area contributed by atoms with Crippen molar-refractivity contribution in [3.63, 3.8) is 0 Å². The summed E-state index contributed by atoms with van der Waals surface area (Å²) in [6.45, 7) is 6.07. The highest BCUT2D eigenvalue weighted by Gasteiger charge is 2.43. The third-order valence-corrected chi connectivity index (χ3v) is 2.04. The van der Waals surface area contributed by atoms with E-state index in [9.17, 15) is 0 Å². The lowest BCUT2D eigenvalue weighted by molar-refractivity contribution is 0.0424. The number of nitrogens with zero attached hydrogens (tertiary/aromatic N) is 1. The van der Waals surface area contributed by atoms with Crippen LogP contribution in [0.5, 0.6) is 0 Å². The van der Waals surface area contributed by atoms with Crippen LogP contribution >= 0.6 is 13.5 Å². The van der Waals surface area contributed by atoms with Crippen molar-refractivity contribution in [2.24, 2.45) is 0 Å². The molecular weight excluding hydrogens is 158 g/mol. The molecule has 1 aliphatic heterocycles. The van der Waals surface area contributed by atoms with Crippen molar-refractivity contribution in [1.29, 1.82) is 0 Å². The largest absolute Gasteiger partial charge is 0.375 e. The van der Waals surface area contributed by atoms with Gasteiger partial charge in [-0.1, -0.05) is 13.8 Å². The Morgan fingerprint density at radius 1 is 1.36 bits per heavy atom. The van der Waals surface area contributed by atoms with Gasteiger partial charge < -0.3 is 4.74 Å². The average Bonchev–Trinajstić information content (AvgIpc) is 2.72. The highest BCUT2D eigenvalue weighted by Crippen LogP contribution is 2.32. The molecule has 0 radical (unpaired) electrons. The third kappa shape index (κ3) is 2.65. The summed E-state index contributed by atoms with van der Waals surface area (Å²) in [6.07, 6.45) is 1.88. The smallest absolute Gasteiger partial charge is 0.0747 e. The van der Waals surface area contributed by atoms with Gasteiger partial charge in [-0.3, -0.25) is 4.90 Å². The molecule has 0 aromatic rings. The Bertz CT molecular complexity index is 110. The van der Waals surface area contributed by atoms with Crippen LogP contribution in [0, 0.1) is 0 Å². The Hall–Kier alpha value is 0.270. The average molecular weight is 177 g/mol. The number of fused-ring (bicyclic) bond motifs is 1. The summed E-state index contributed by atoms with van der Waals surface area (Å²) >= 11 is 0. The van der Waals surface area contributed by atoms with Crippen LogP contribution in [0.1, 0.15) is 20.3 Å². The van der Waals surface area contributed by atoms with Crippen LogP contribution in [0.25, 0.3) is 0 Å². The topological polar surface area (TPSA) is 12.5 Å². The summed E-state index contributed by atoms with van der Waals surface area (Å²) in [4.78, 5) is 2.38. The van der Waals surface area contributed by atoms with Gasteiger partial charge in [-0.25, -0.2) is 0 Å². The highest BCUT2D eigenvalue weighted by atomic mass is 32.1. The number of likely N-dealkylation sites (N-methyl/N-ethyl adjacent to an activating group) is 1. The molecule has 2 fully saturated rings. The van der Waals surface area contributed by atoms with E-state index in [4.69, 9.17) is 4.74 Å². The molecule has 0 aromatic carbocycles. The summed E-state index contributed by atoms with van der Waals surface area (Å²) in [5, 5.41) is 0. The fourth-order valence-corrected chi connectivity index (χ4v) is 1.32. The molecule has 2 aliphatic rings. The number of morpholine rings is 1. The predicted octanol–water partition coefficient (Wildman–Crippen LogP) is 1.23. The quantitative estimate of drug-likeness (QED) is 0.552. The molecule has 68 valence electrons. The predicted molar refractivity (Wildman–Crippen MR) is 52.5 cm³/mol. The van der Waals surface area contributed by atoms with E-state index < -0.39 is 0 Å². The minimum Gasteiger partial charge on any atom is -0.375 e. The second kappa shape index (κ2) is 5.01. The number of hydrogen-bond acceptors (Lipinski definition) is 2. The van der Waals surface area contributed by atoms with Gasteiger partial charge in [0.05, 0.1) is 12.7 Å². The van der Waals surface area contributed by atoms with E-state index in [-0.39, 0.29) is 13.5 Å². The monoisotopic (exact) mass is 177 g/mol. The van der Waals surface area contributed by atoms with E-state index in [0.717, 1.165) is 19.2 Å². The third-order valence-electron chi connectivity index (χ3n) is 2.04. The van der Waals surface area contributed by atoms with Crippen molar-refractivity contribution in [2.45, 2.75) is 32.4 Å². The molecular formula is C8H19NOS. The van der Waals surface area contributed by atoms with E-state index in [1.165, 1.54) is 6.42 Å². The first-order valence-corrected chi connectivity index (χ1v) is 4.20. The van der Waals surface area contributed by atoms with Crippen LogP contribution < -0.4 is 0 Å².